The van der Waals surface area contributed by atoms with E-state index in [-0.39, 0.29) is 12.1 Å². The molecule has 1 heterocycles. The van der Waals surface area contributed by atoms with Gasteiger partial charge in [0.25, 0.3) is 0 Å². The van der Waals surface area contributed by atoms with E-state index in [1.807, 2.05) is 24.1 Å². The minimum atomic E-state index is 0.00631. The normalized spacial score (nSPS) is 17.4. The highest BCUT2D eigenvalue weighted by molar-refractivity contribution is 5.95. The summed E-state index contributed by atoms with van der Waals surface area (Å²) in [4.78, 5) is 16.1. The van der Waals surface area contributed by atoms with Crippen molar-refractivity contribution in [3.8, 4) is 6.07 Å². The summed E-state index contributed by atoms with van der Waals surface area (Å²) < 4.78 is 0. The molecular formula is C19H19N3O. The van der Waals surface area contributed by atoms with Crippen molar-refractivity contribution in [2.75, 3.05) is 18.5 Å². The molecule has 0 aromatic heterocycles. The number of rotatable bonds is 3. The number of nitriles is 1. The maximum atomic E-state index is 12.5. The van der Waals surface area contributed by atoms with Gasteiger partial charge in [0.2, 0.25) is 0 Å². The number of hydrogen-bond acceptors (Lipinski definition) is 2. The Hall–Kier alpha value is -2.80. The Morgan fingerprint density at radius 2 is 1.78 bits per heavy atom. The van der Waals surface area contributed by atoms with Crippen LogP contribution < -0.4 is 4.90 Å². The molecule has 4 heteroatoms. The molecular weight excluding hydrogens is 286 g/mol. The van der Waals surface area contributed by atoms with Gasteiger partial charge >= 0.3 is 6.03 Å². The van der Waals surface area contributed by atoms with Crippen LogP contribution in [-0.2, 0) is 6.42 Å². The lowest BCUT2D eigenvalue weighted by Gasteiger charge is -2.23. The summed E-state index contributed by atoms with van der Waals surface area (Å²) in [6, 6.07) is 17.8. The molecule has 2 aromatic rings. The molecule has 23 heavy (non-hydrogen) atoms. The van der Waals surface area contributed by atoms with Crippen molar-refractivity contribution in [1.82, 2.24) is 4.90 Å². The van der Waals surface area contributed by atoms with Crippen molar-refractivity contribution in [2.24, 2.45) is 0 Å². The van der Waals surface area contributed by atoms with Gasteiger partial charge in [0, 0.05) is 19.3 Å². The van der Waals surface area contributed by atoms with Crippen LogP contribution in [0.5, 0.6) is 0 Å². The Bertz CT molecular complexity index is 744. The van der Waals surface area contributed by atoms with Crippen molar-refractivity contribution in [2.45, 2.75) is 19.4 Å². The number of nitrogens with zero attached hydrogens (tertiary/aromatic N) is 3. The molecule has 2 amide bonds. The molecule has 3 rings (SSSR count). The molecule has 0 unspecified atom stereocenters. The van der Waals surface area contributed by atoms with Crippen molar-refractivity contribution in [1.29, 1.82) is 5.26 Å². The van der Waals surface area contributed by atoms with Crippen molar-refractivity contribution < 1.29 is 4.79 Å². The van der Waals surface area contributed by atoms with Crippen LogP contribution in [0.25, 0.3) is 0 Å². The summed E-state index contributed by atoms with van der Waals surface area (Å²) in [5.41, 5.74) is 3.90. The van der Waals surface area contributed by atoms with Crippen molar-refractivity contribution >= 4 is 11.7 Å². The quantitative estimate of drug-likeness (QED) is 0.873. The second kappa shape index (κ2) is 6.13. The number of benzene rings is 2. The number of aryl methyl sites for hydroxylation is 1. The zero-order chi connectivity index (χ0) is 16.4. The van der Waals surface area contributed by atoms with Crippen LogP contribution in [-0.4, -0.2) is 30.6 Å². The fourth-order valence-corrected chi connectivity index (χ4v) is 2.99. The van der Waals surface area contributed by atoms with Gasteiger partial charge in [0.1, 0.15) is 0 Å². The third-order valence-corrected chi connectivity index (χ3v) is 4.25. The molecule has 0 aliphatic carbocycles. The van der Waals surface area contributed by atoms with E-state index < -0.39 is 0 Å². The fraction of sp³-hybridized carbons (Fsp3) is 0.263. The van der Waals surface area contributed by atoms with E-state index in [1.165, 1.54) is 11.1 Å². The van der Waals surface area contributed by atoms with Crippen LogP contribution in [0.4, 0.5) is 10.5 Å². The Kier molecular flexibility index (Phi) is 4.03. The van der Waals surface area contributed by atoms with E-state index in [0.29, 0.717) is 12.1 Å². The standard InChI is InChI=1S/C19H19N3O/c1-14-3-5-15(6-4-14)11-18-13-21(2)19(23)22(18)17-9-7-16(12-20)8-10-17/h3-10,18H,11,13H2,1-2H3/t18-/m0/s1. The molecule has 0 saturated carbocycles. The number of urea groups is 1. The molecule has 4 nitrogen and oxygen atoms in total. The maximum Gasteiger partial charge on any atom is 0.324 e. The summed E-state index contributed by atoms with van der Waals surface area (Å²) >= 11 is 0. The number of likely N-dealkylation sites (N-methyl/N-ethyl adjacent to an activating group) is 1. The molecule has 1 aliphatic rings. The number of amides is 2. The minimum Gasteiger partial charge on any atom is -0.325 e. The SMILES string of the molecule is Cc1ccc(C[C@H]2CN(C)C(=O)N2c2ccc(C#N)cc2)cc1. The monoisotopic (exact) mass is 305 g/mol. The summed E-state index contributed by atoms with van der Waals surface area (Å²) in [6.45, 7) is 2.77. The van der Waals surface area contributed by atoms with Crippen molar-refractivity contribution in [3.63, 3.8) is 0 Å². The maximum absolute atomic E-state index is 12.5. The van der Waals surface area contributed by atoms with Crippen LogP contribution in [0.3, 0.4) is 0 Å². The first-order valence-electron chi connectivity index (χ1n) is 7.68. The van der Waals surface area contributed by atoms with Gasteiger partial charge in [-0.05, 0) is 43.2 Å². The van der Waals surface area contributed by atoms with Crippen LogP contribution >= 0.6 is 0 Å². The predicted octanol–water partition coefficient (Wildman–Crippen LogP) is 3.35. The van der Waals surface area contributed by atoms with Gasteiger partial charge in [-0.15, -0.1) is 0 Å². The molecule has 0 spiro atoms. The van der Waals surface area contributed by atoms with Crippen LogP contribution in [0.15, 0.2) is 48.5 Å². The van der Waals surface area contributed by atoms with Gasteiger partial charge in [-0.25, -0.2) is 4.79 Å². The first kappa shape index (κ1) is 15.1. The van der Waals surface area contributed by atoms with Gasteiger partial charge in [-0.2, -0.15) is 5.26 Å². The van der Waals surface area contributed by atoms with Crippen LogP contribution in [0.1, 0.15) is 16.7 Å². The summed E-state index contributed by atoms with van der Waals surface area (Å²) in [6.07, 6.45) is 0.816. The highest BCUT2D eigenvalue weighted by Crippen LogP contribution is 2.26. The number of carbonyl (C=O) groups is 1. The van der Waals surface area contributed by atoms with Gasteiger partial charge in [0.15, 0.2) is 0 Å². The molecule has 0 bridgehead atoms. The van der Waals surface area contributed by atoms with Gasteiger partial charge < -0.3 is 4.90 Å². The average Bonchev–Trinajstić information content (AvgIpc) is 2.84. The largest absolute Gasteiger partial charge is 0.325 e. The van der Waals surface area contributed by atoms with Gasteiger partial charge in [-0.1, -0.05) is 29.8 Å². The van der Waals surface area contributed by atoms with Gasteiger partial charge in [-0.3, -0.25) is 4.90 Å². The lowest BCUT2D eigenvalue weighted by molar-refractivity contribution is 0.229. The average molecular weight is 305 g/mol. The Morgan fingerprint density at radius 3 is 2.39 bits per heavy atom. The highest BCUT2D eigenvalue weighted by Gasteiger charge is 2.36. The van der Waals surface area contributed by atoms with Crippen LogP contribution in [0.2, 0.25) is 0 Å². The second-order valence-corrected chi connectivity index (χ2v) is 6.04. The second-order valence-electron chi connectivity index (χ2n) is 6.04. The lowest BCUT2D eigenvalue weighted by Crippen LogP contribution is -2.35. The first-order valence-corrected chi connectivity index (χ1v) is 7.68. The molecule has 1 atom stereocenters. The van der Waals surface area contributed by atoms with E-state index in [9.17, 15) is 4.79 Å². The molecule has 116 valence electrons. The zero-order valence-electron chi connectivity index (χ0n) is 13.4. The Morgan fingerprint density at radius 1 is 1.13 bits per heavy atom. The lowest BCUT2D eigenvalue weighted by atomic mass is 10.0. The molecule has 2 aromatic carbocycles. The fourth-order valence-electron chi connectivity index (χ4n) is 2.99. The topological polar surface area (TPSA) is 47.3 Å². The first-order chi connectivity index (χ1) is 11.1. The van der Waals surface area contributed by atoms with E-state index >= 15 is 0 Å². The predicted molar refractivity (Wildman–Crippen MR) is 90.3 cm³/mol. The third kappa shape index (κ3) is 3.04. The van der Waals surface area contributed by atoms with Gasteiger partial charge in [0.05, 0.1) is 17.7 Å². The number of hydrogen-bond donors (Lipinski definition) is 0. The summed E-state index contributed by atoms with van der Waals surface area (Å²) in [5.74, 6) is 0. The molecule has 1 saturated heterocycles. The number of anilines is 1. The Labute approximate surface area is 136 Å². The molecule has 0 N–H and O–H groups in total. The van der Waals surface area contributed by atoms with Crippen LogP contribution in [0, 0.1) is 18.3 Å². The van der Waals surface area contributed by atoms with E-state index in [1.54, 1.807) is 17.0 Å². The molecule has 0 radical (unpaired) electrons. The zero-order valence-corrected chi connectivity index (χ0v) is 13.4. The smallest absolute Gasteiger partial charge is 0.324 e. The number of carbonyl (C=O) groups excluding carboxylic acids is 1. The summed E-state index contributed by atoms with van der Waals surface area (Å²) in [7, 11) is 1.83. The molecule has 1 aliphatic heterocycles. The van der Waals surface area contributed by atoms with E-state index in [0.717, 1.165) is 12.1 Å². The van der Waals surface area contributed by atoms with Crippen molar-refractivity contribution in [3.05, 3.63) is 65.2 Å². The molecule has 1 fully saturated rings. The van der Waals surface area contributed by atoms with E-state index in [4.69, 9.17) is 5.26 Å². The minimum absolute atomic E-state index is 0.00631. The third-order valence-electron chi connectivity index (χ3n) is 4.25. The van der Waals surface area contributed by atoms with E-state index in [2.05, 4.69) is 37.3 Å². The highest BCUT2D eigenvalue weighted by atomic mass is 16.2. The summed E-state index contributed by atoms with van der Waals surface area (Å²) in [5, 5.41) is 8.92. The Balaban J connectivity index is 1.86.